The number of cyclic esters (lactones) is 1. The van der Waals surface area contributed by atoms with Crippen molar-refractivity contribution >= 4 is 17.6 Å². The van der Waals surface area contributed by atoms with E-state index in [9.17, 15) is 4.79 Å². The molecule has 0 aliphatic carbocycles. The van der Waals surface area contributed by atoms with E-state index in [4.69, 9.17) is 16.3 Å². The van der Waals surface area contributed by atoms with Gasteiger partial charge in [-0.25, -0.2) is 4.79 Å². The van der Waals surface area contributed by atoms with Crippen LogP contribution in [0.2, 0.25) is 5.02 Å². The molecule has 1 aliphatic heterocycles. The average Bonchev–Trinajstić information content (AvgIpc) is 2.47. The highest BCUT2D eigenvalue weighted by Crippen LogP contribution is 2.37. The van der Waals surface area contributed by atoms with Crippen LogP contribution in [0.3, 0.4) is 0 Å². The molecule has 22 heavy (non-hydrogen) atoms. The van der Waals surface area contributed by atoms with Crippen LogP contribution in [0.4, 0.5) is 0 Å². The van der Waals surface area contributed by atoms with E-state index >= 15 is 0 Å². The third-order valence-electron chi connectivity index (χ3n) is 3.94. The van der Waals surface area contributed by atoms with Gasteiger partial charge in [0.2, 0.25) is 0 Å². The summed E-state index contributed by atoms with van der Waals surface area (Å²) in [6.07, 6.45) is 0.661. The fourth-order valence-corrected chi connectivity index (χ4v) is 3.18. The monoisotopic (exact) mass is 315 g/mol. The number of hydrogen-bond acceptors (Lipinski definition) is 3. The van der Waals surface area contributed by atoms with Gasteiger partial charge in [0.1, 0.15) is 0 Å². The normalized spacial score (nSPS) is 20.6. The fourth-order valence-electron chi connectivity index (χ4n) is 3.05. The predicted octanol–water partition coefficient (Wildman–Crippen LogP) is 3.51. The average molecular weight is 316 g/mol. The van der Waals surface area contributed by atoms with E-state index in [2.05, 4.69) is 0 Å². The zero-order chi connectivity index (χ0) is 15.7. The van der Waals surface area contributed by atoms with E-state index in [0.717, 1.165) is 11.1 Å². The van der Waals surface area contributed by atoms with Crippen molar-refractivity contribution in [2.24, 2.45) is 0 Å². The molecule has 1 atom stereocenters. The van der Waals surface area contributed by atoms with Gasteiger partial charge in [-0.3, -0.25) is 0 Å². The van der Waals surface area contributed by atoms with Gasteiger partial charge in [-0.05, 0) is 43.4 Å². The van der Waals surface area contributed by atoms with Crippen molar-refractivity contribution in [2.45, 2.75) is 12.0 Å². The number of carbonyl (C=O) groups is 1. The molecule has 0 amide bonds. The molecule has 0 saturated heterocycles. The highest BCUT2D eigenvalue weighted by Gasteiger charge is 2.42. The Hall–Kier alpha value is -1.84. The summed E-state index contributed by atoms with van der Waals surface area (Å²) in [4.78, 5) is 14.5. The van der Waals surface area contributed by atoms with Crippen molar-refractivity contribution in [3.8, 4) is 0 Å². The van der Waals surface area contributed by atoms with Crippen LogP contribution < -0.4 is 0 Å². The standard InChI is InChI=1S/C18H18ClNO2/c1-20(2)12-18(14-7-9-15(19)10-8-14)11-13-5-3-4-6-16(13)17(21)22-18/h3-10H,11-12H2,1-2H3. The Morgan fingerprint density at radius 2 is 1.82 bits per heavy atom. The zero-order valence-corrected chi connectivity index (χ0v) is 13.4. The van der Waals surface area contributed by atoms with E-state index in [1.165, 1.54) is 0 Å². The van der Waals surface area contributed by atoms with Crippen molar-refractivity contribution in [3.05, 3.63) is 70.2 Å². The number of esters is 1. The molecule has 1 aliphatic rings. The van der Waals surface area contributed by atoms with Crippen LogP contribution in [0, 0.1) is 0 Å². The first kappa shape index (κ1) is 15.1. The van der Waals surface area contributed by atoms with Gasteiger partial charge in [-0.15, -0.1) is 0 Å². The molecule has 0 fully saturated rings. The quantitative estimate of drug-likeness (QED) is 0.812. The van der Waals surface area contributed by atoms with Gasteiger partial charge in [0.05, 0.1) is 5.56 Å². The maximum atomic E-state index is 12.5. The lowest BCUT2D eigenvalue weighted by molar-refractivity contribution is -0.0397. The molecular formula is C18H18ClNO2. The first-order valence-electron chi connectivity index (χ1n) is 7.22. The molecule has 114 valence electrons. The first-order chi connectivity index (χ1) is 10.5. The zero-order valence-electron chi connectivity index (χ0n) is 12.7. The Bertz CT molecular complexity index is 696. The Balaban J connectivity index is 2.09. The largest absolute Gasteiger partial charge is 0.449 e. The molecule has 1 unspecified atom stereocenters. The highest BCUT2D eigenvalue weighted by atomic mass is 35.5. The lowest BCUT2D eigenvalue weighted by Crippen LogP contribution is -2.46. The van der Waals surface area contributed by atoms with Gasteiger partial charge in [0.25, 0.3) is 0 Å². The Morgan fingerprint density at radius 3 is 2.50 bits per heavy atom. The van der Waals surface area contributed by atoms with Gasteiger partial charge in [-0.1, -0.05) is 41.9 Å². The highest BCUT2D eigenvalue weighted by molar-refractivity contribution is 6.30. The van der Waals surface area contributed by atoms with Gasteiger partial charge >= 0.3 is 5.97 Å². The van der Waals surface area contributed by atoms with Crippen LogP contribution in [0.15, 0.2) is 48.5 Å². The van der Waals surface area contributed by atoms with E-state index < -0.39 is 5.60 Å². The Labute approximate surface area is 135 Å². The van der Waals surface area contributed by atoms with Crippen molar-refractivity contribution in [1.29, 1.82) is 0 Å². The Morgan fingerprint density at radius 1 is 1.14 bits per heavy atom. The van der Waals surface area contributed by atoms with E-state index in [1.54, 1.807) is 0 Å². The summed E-state index contributed by atoms with van der Waals surface area (Å²) < 4.78 is 5.91. The predicted molar refractivity (Wildman–Crippen MR) is 87.2 cm³/mol. The number of fused-ring (bicyclic) bond motifs is 1. The second-order valence-corrected chi connectivity index (χ2v) is 6.40. The fraction of sp³-hybridized carbons (Fsp3) is 0.278. The summed E-state index contributed by atoms with van der Waals surface area (Å²) in [5, 5.41) is 0.672. The molecule has 2 aromatic rings. The first-order valence-corrected chi connectivity index (χ1v) is 7.60. The van der Waals surface area contributed by atoms with Gasteiger partial charge in [-0.2, -0.15) is 0 Å². The summed E-state index contributed by atoms with van der Waals surface area (Å²) in [7, 11) is 3.96. The van der Waals surface area contributed by atoms with E-state index in [1.807, 2.05) is 67.5 Å². The second kappa shape index (κ2) is 5.75. The number of likely N-dealkylation sites (N-methyl/N-ethyl adjacent to an activating group) is 1. The van der Waals surface area contributed by atoms with Crippen molar-refractivity contribution in [3.63, 3.8) is 0 Å². The number of halogens is 1. The van der Waals surface area contributed by atoms with Crippen molar-refractivity contribution in [2.75, 3.05) is 20.6 Å². The smallest absolute Gasteiger partial charge is 0.339 e. The maximum Gasteiger partial charge on any atom is 0.339 e. The van der Waals surface area contributed by atoms with Crippen LogP contribution in [0.25, 0.3) is 0 Å². The minimum absolute atomic E-state index is 0.265. The minimum Gasteiger partial charge on any atom is -0.449 e. The van der Waals surface area contributed by atoms with Crippen LogP contribution in [0.1, 0.15) is 21.5 Å². The Kier molecular flexibility index (Phi) is 3.94. The molecule has 0 bridgehead atoms. The van der Waals surface area contributed by atoms with Crippen LogP contribution in [-0.2, 0) is 16.8 Å². The second-order valence-electron chi connectivity index (χ2n) is 5.96. The molecular weight excluding hydrogens is 298 g/mol. The lowest BCUT2D eigenvalue weighted by Gasteiger charge is -2.39. The molecule has 3 nitrogen and oxygen atoms in total. The number of rotatable bonds is 3. The number of carbonyl (C=O) groups excluding carboxylic acids is 1. The molecule has 2 aromatic carbocycles. The number of hydrogen-bond donors (Lipinski definition) is 0. The summed E-state index contributed by atoms with van der Waals surface area (Å²) >= 11 is 5.99. The molecule has 0 saturated carbocycles. The molecule has 3 rings (SSSR count). The van der Waals surface area contributed by atoms with Gasteiger partial charge < -0.3 is 9.64 Å². The number of benzene rings is 2. The van der Waals surface area contributed by atoms with E-state index in [0.29, 0.717) is 23.6 Å². The number of ether oxygens (including phenoxy) is 1. The third kappa shape index (κ3) is 2.74. The summed E-state index contributed by atoms with van der Waals surface area (Å²) in [6.45, 7) is 0.620. The van der Waals surface area contributed by atoms with Crippen molar-refractivity contribution in [1.82, 2.24) is 4.90 Å². The van der Waals surface area contributed by atoms with Gasteiger partial charge in [0, 0.05) is 18.0 Å². The van der Waals surface area contributed by atoms with Gasteiger partial charge in [0.15, 0.2) is 5.60 Å². The molecule has 0 aromatic heterocycles. The van der Waals surface area contributed by atoms with E-state index in [-0.39, 0.29) is 5.97 Å². The molecule has 0 spiro atoms. The number of nitrogens with zero attached hydrogens (tertiary/aromatic N) is 1. The van der Waals surface area contributed by atoms with Crippen molar-refractivity contribution < 1.29 is 9.53 Å². The summed E-state index contributed by atoms with van der Waals surface area (Å²) in [5.41, 5.74) is 1.97. The van der Waals surface area contributed by atoms with Crippen LogP contribution in [-0.4, -0.2) is 31.5 Å². The molecule has 0 N–H and O–H groups in total. The molecule has 0 radical (unpaired) electrons. The third-order valence-corrected chi connectivity index (χ3v) is 4.20. The molecule has 1 heterocycles. The molecule has 4 heteroatoms. The SMILES string of the molecule is CN(C)CC1(c2ccc(Cl)cc2)Cc2ccccc2C(=O)O1. The summed E-state index contributed by atoms with van der Waals surface area (Å²) in [6, 6.07) is 15.2. The summed E-state index contributed by atoms with van der Waals surface area (Å²) in [5.74, 6) is -0.265. The van der Waals surface area contributed by atoms with Crippen LogP contribution in [0.5, 0.6) is 0 Å². The maximum absolute atomic E-state index is 12.5. The minimum atomic E-state index is -0.681. The van der Waals surface area contributed by atoms with Crippen LogP contribution >= 0.6 is 11.6 Å². The lowest BCUT2D eigenvalue weighted by atomic mass is 9.83. The topological polar surface area (TPSA) is 29.5 Å².